The number of rotatable bonds is 6. The maximum absolute atomic E-state index is 5.60. The lowest BCUT2D eigenvalue weighted by atomic mass is 10.4. The maximum Gasteiger partial charge on any atom is 0.119 e. The van der Waals surface area contributed by atoms with E-state index in [2.05, 4.69) is 16.9 Å². The molecule has 0 aromatic carbocycles. The van der Waals surface area contributed by atoms with Gasteiger partial charge in [-0.2, -0.15) is 0 Å². The maximum atomic E-state index is 5.60. The number of thiazole rings is 1. The molecular weight excluding hydrogens is 220 g/mol. The van der Waals surface area contributed by atoms with Gasteiger partial charge in [-0.3, -0.25) is 0 Å². The Hall–Kier alpha value is -0.420. The van der Waals surface area contributed by atoms with Gasteiger partial charge in [-0.15, -0.1) is 11.3 Å². The fraction of sp³-hybridized carbons (Fsp3) is 0.444. The van der Waals surface area contributed by atoms with Gasteiger partial charge in [-0.25, -0.2) is 4.98 Å². The highest BCUT2D eigenvalue weighted by Crippen LogP contribution is 2.10. The van der Waals surface area contributed by atoms with Crippen LogP contribution in [0.15, 0.2) is 17.0 Å². The quantitative estimate of drug-likeness (QED) is 0.816. The minimum Gasteiger partial charge on any atom is -0.378 e. The Morgan fingerprint density at radius 3 is 3.21 bits per heavy atom. The van der Waals surface area contributed by atoms with Gasteiger partial charge < -0.3 is 10.1 Å². The molecule has 0 unspecified atom stereocenters. The Morgan fingerprint density at radius 2 is 2.57 bits per heavy atom. The van der Waals surface area contributed by atoms with Crippen LogP contribution in [0.5, 0.6) is 0 Å². The van der Waals surface area contributed by atoms with E-state index in [1.54, 1.807) is 18.4 Å². The summed E-state index contributed by atoms with van der Waals surface area (Å²) in [7, 11) is 1.66. The zero-order chi connectivity index (χ0) is 10.4. The number of methoxy groups -OCH3 is 1. The fourth-order valence-corrected chi connectivity index (χ4v) is 1.80. The molecule has 1 aromatic heterocycles. The van der Waals surface area contributed by atoms with Crippen molar-refractivity contribution in [3.8, 4) is 0 Å². The molecule has 0 atom stereocenters. The zero-order valence-corrected chi connectivity index (χ0v) is 9.62. The van der Waals surface area contributed by atoms with Crippen LogP contribution < -0.4 is 5.32 Å². The summed E-state index contributed by atoms with van der Waals surface area (Å²) in [5.41, 5.74) is 1.01. The molecular formula is C9H13ClN2OS. The van der Waals surface area contributed by atoms with Gasteiger partial charge in [0.15, 0.2) is 0 Å². The second-order valence-electron chi connectivity index (χ2n) is 2.79. The van der Waals surface area contributed by atoms with Crippen molar-refractivity contribution in [2.75, 3.05) is 13.7 Å². The number of hydrogen-bond donors (Lipinski definition) is 1. The van der Waals surface area contributed by atoms with E-state index in [1.807, 2.05) is 5.38 Å². The Bertz CT molecular complexity index is 301. The first-order valence-electron chi connectivity index (χ1n) is 4.18. The van der Waals surface area contributed by atoms with Crippen LogP contribution in [0, 0.1) is 0 Å². The van der Waals surface area contributed by atoms with Crippen LogP contribution in [0.2, 0.25) is 0 Å². The van der Waals surface area contributed by atoms with E-state index >= 15 is 0 Å². The van der Waals surface area contributed by atoms with Gasteiger partial charge in [-0.05, 0) is 0 Å². The van der Waals surface area contributed by atoms with Gasteiger partial charge in [0.2, 0.25) is 0 Å². The number of halogens is 1. The van der Waals surface area contributed by atoms with Crippen molar-refractivity contribution >= 4 is 22.9 Å². The molecule has 0 aliphatic rings. The van der Waals surface area contributed by atoms with Crippen molar-refractivity contribution in [2.45, 2.75) is 13.2 Å². The lowest BCUT2D eigenvalue weighted by Crippen LogP contribution is -2.14. The smallest absolute Gasteiger partial charge is 0.119 e. The molecule has 1 heterocycles. The predicted octanol–water partition coefficient (Wildman–Crippen LogP) is 2.13. The van der Waals surface area contributed by atoms with Gasteiger partial charge in [0.25, 0.3) is 0 Å². The molecule has 0 saturated heterocycles. The van der Waals surface area contributed by atoms with Crippen LogP contribution in [0.4, 0.5) is 0 Å². The van der Waals surface area contributed by atoms with Crippen LogP contribution in [0.25, 0.3) is 0 Å². The second kappa shape index (κ2) is 6.14. The Kier molecular flexibility index (Phi) is 5.11. The minimum atomic E-state index is 0.576. The van der Waals surface area contributed by atoms with Crippen LogP contribution in [0.3, 0.4) is 0 Å². The summed E-state index contributed by atoms with van der Waals surface area (Å²) in [5, 5.41) is 6.74. The molecule has 78 valence electrons. The lowest BCUT2D eigenvalue weighted by Gasteiger charge is -1.99. The molecule has 0 aliphatic carbocycles. The van der Waals surface area contributed by atoms with E-state index < -0.39 is 0 Å². The van der Waals surface area contributed by atoms with E-state index in [0.717, 1.165) is 10.7 Å². The number of ether oxygens (including phenoxy) is 1. The summed E-state index contributed by atoms with van der Waals surface area (Å²) in [6.45, 7) is 5.49. The summed E-state index contributed by atoms with van der Waals surface area (Å²) in [6, 6.07) is 0. The Balaban J connectivity index is 2.32. The molecule has 0 aliphatic heterocycles. The van der Waals surface area contributed by atoms with E-state index in [1.165, 1.54) is 0 Å². The van der Waals surface area contributed by atoms with Gasteiger partial charge >= 0.3 is 0 Å². The number of nitrogens with zero attached hydrogens (tertiary/aromatic N) is 1. The van der Waals surface area contributed by atoms with Crippen LogP contribution >= 0.6 is 22.9 Å². The van der Waals surface area contributed by atoms with Gasteiger partial charge in [-0.1, -0.05) is 18.2 Å². The molecule has 3 nitrogen and oxygen atoms in total. The number of nitrogens with one attached hydrogen (secondary N) is 1. The van der Waals surface area contributed by atoms with E-state index in [4.69, 9.17) is 16.3 Å². The van der Waals surface area contributed by atoms with Crippen molar-refractivity contribution in [2.24, 2.45) is 0 Å². The number of aromatic nitrogens is 1. The molecule has 1 rings (SSSR count). The Labute approximate surface area is 92.8 Å². The molecule has 0 spiro atoms. The topological polar surface area (TPSA) is 34.1 Å². The van der Waals surface area contributed by atoms with Crippen LogP contribution in [0.1, 0.15) is 10.7 Å². The molecule has 1 aromatic rings. The van der Waals surface area contributed by atoms with Crippen molar-refractivity contribution < 1.29 is 4.74 Å². The van der Waals surface area contributed by atoms with Crippen LogP contribution in [-0.4, -0.2) is 18.6 Å². The van der Waals surface area contributed by atoms with Gasteiger partial charge in [0.1, 0.15) is 5.01 Å². The highest BCUT2D eigenvalue weighted by Gasteiger charge is 2.00. The summed E-state index contributed by atoms with van der Waals surface area (Å²) in [6.07, 6.45) is 0. The van der Waals surface area contributed by atoms with Crippen molar-refractivity contribution in [3.05, 3.63) is 27.7 Å². The molecule has 1 N–H and O–H groups in total. The summed E-state index contributed by atoms with van der Waals surface area (Å²) in [4.78, 5) is 4.36. The normalized spacial score (nSPS) is 10.4. The van der Waals surface area contributed by atoms with Crippen molar-refractivity contribution in [3.63, 3.8) is 0 Å². The average molecular weight is 233 g/mol. The molecule has 0 radical (unpaired) electrons. The third-order valence-corrected chi connectivity index (χ3v) is 2.49. The zero-order valence-electron chi connectivity index (χ0n) is 8.05. The molecule has 5 heteroatoms. The minimum absolute atomic E-state index is 0.576. The predicted molar refractivity (Wildman–Crippen MR) is 59.5 cm³/mol. The molecule has 0 saturated carbocycles. The standard InChI is InChI=1S/C9H13ClN2OS/c1-7(10)3-11-4-8-6-14-9(12-8)5-13-2/h6,11H,1,3-5H2,2H3. The van der Waals surface area contributed by atoms with Crippen molar-refractivity contribution in [1.82, 2.24) is 10.3 Å². The first-order valence-corrected chi connectivity index (χ1v) is 5.44. The highest BCUT2D eigenvalue weighted by atomic mass is 35.5. The first-order chi connectivity index (χ1) is 6.72. The highest BCUT2D eigenvalue weighted by molar-refractivity contribution is 7.09. The van der Waals surface area contributed by atoms with E-state index in [-0.39, 0.29) is 0 Å². The monoisotopic (exact) mass is 232 g/mol. The SMILES string of the molecule is C=C(Cl)CNCc1csc(COC)n1. The molecule has 14 heavy (non-hydrogen) atoms. The van der Waals surface area contributed by atoms with Gasteiger partial charge in [0, 0.05) is 30.6 Å². The van der Waals surface area contributed by atoms with Crippen molar-refractivity contribution in [1.29, 1.82) is 0 Å². The lowest BCUT2D eigenvalue weighted by molar-refractivity contribution is 0.184. The van der Waals surface area contributed by atoms with E-state index in [9.17, 15) is 0 Å². The molecule has 0 bridgehead atoms. The van der Waals surface area contributed by atoms with Gasteiger partial charge in [0.05, 0.1) is 12.3 Å². The fourth-order valence-electron chi connectivity index (χ4n) is 0.946. The third-order valence-electron chi connectivity index (χ3n) is 1.49. The number of hydrogen-bond acceptors (Lipinski definition) is 4. The first kappa shape index (κ1) is 11.7. The van der Waals surface area contributed by atoms with E-state index in [0.29, 0.717) is 24.7 Å². The second-order valence-corrected chi connectivity index (χ2v) is 4.26. The third kappa shape index (κ3) is 4.19. The van der Waals surface area contributed by atoms with Crippen LogP contribution in [-0.2, 0) is 17.9 Å². The summed E-state index contributed by atoms with van der Waals surface area (Å²) in [5.74, 6) is 0. The summed E-state index contributed by atoms with van der Waals surface area (Å²) >= 11 is 7.21. The molecule has 0 amide bonds. The largest absolute Gasteiger partial charge is 0.378 e. The Morgan fingerprint density at radius 1 is 1.79 bits per heavy atom. The molecule has 0 fully saturated rings. The average Bonchev–Trinajstić information content (AvgIpc) is 2.53. The summed E-state index contributed by atoms with van der Waals surface area (Å²) < 4.78 is 4.98.